The van der Waals surface area contributed by atoms with Crippen LogP contribution in [0.5, 0.6) is 0 Å². The number of ketones is 2. The lowest BCUT2D eigenvalue weighted by molar-refractivity contribution is -0.112. The van der Waals surface area contributed by atoms with Crippen LogP contribution in [0.2, 0.25) is 0 Å². The number of benzene rings is 1. The minimum Gasteiger partial charge on any atom is -0.507 e. The van der Waals surface area contributed by atoms with Crippen molar-refractivity contribution < 1.29 is 14.7 Å². The summed E-state index contributed by atoms with van der Waals surface area (Å²) in [5.74, 6) is -0.0413. The van der Waals surface area contributed by atoms with Gasteiger partial charge in [-0.05, 0) is 18.3 Å². The van der Waals surface area contributed by atoms with E-state index in [1.54, 1.807) is 24.3 Å². The van der Waals surface area contributed by atoms with Crippen LogP contribution in [0, 0.1) is 11.8 Å². The van der Waals surface area contributed by atoms with Crippen molar-refractivity contribution in [3.05, 3.63) is 41.0 Å². The minimum atomic E-state index is -0.541. The topological polar surface area (TPSA) is 54.4 Å². The standard InChI is InChI=1S/C22H30O3/c1-4-6-9-16(5-2)13-12-15(3)14-19-20(23)17-10-7-8-11-18(17)21(24)22(19)25/h7-8,10-11,15-16,23H,4-6,9,12-14H2,1-3H3. The first-order chi connectivity index (χ1) is 12.0. The van der Waals surface area contributed by atoms with Gasteiger partial charge in [0.2, 0.25) is 11.6 Å². The highest BCUT2D eigenvalue weighted by Crippen LogP contribution is 2.32. The molecule has 0 heterocycles. The molecular weight excluding hydrogens is 312 g/mol. The normalized spacial score (nSPS) is 16.8. The molecule has 0 spiro atoms. The number of hydrogen-bond donors (Lipinski definition) is 1. The summed E-state index contributed by atoms with van der Waals surface area (Å²) < 4.78 is 0. The number of aliphatic hydroxyl groups is 1. The molecule has 3 nitrogen and oxygen atoms in total. The van der Waals surface area contributed by atoms with Crippen LogP contribution in [0.15, 0.2) is 29.8 Å². The number of carbonyl (C=O) groups excluding carboxylic acids is 2. The summed E-state index contributed by atoms with van der Waals surface area (Å²) >= 11 is 0. The highest BCUT2D eigenvalue weighted by Gasteiger charge is 2.33. The zero-order chi connectivity index (χ0) is 18.4. The van der Waals surface area contributed by atoms with E-state index >= 15 is 0 Å². The molecule has 136 valence electrons. The van der Waals surface area contributed by atoms with E-state index in [2.05, 4.69) is 20.8 Å². The molecule has 0 aliphatic heterocycles. The Bertz CT molecular complexity index is 657. The van der Waals surface area contributed by atoms with Gasteiger partial charge in [0.15, 0.2) is 0 Å². The fourth-order valence-electron chi connectivity index (χ4n) is 3.62. The van der Waals surface area contributed by atoms with Crippen molar-refractivity contribution in [1.82, 2.24) is 0 Å². The summed E-state index contributed by atoms with van der Waals surface area (Å²) in [5, 5.41) is 10.5. The van der Waals surface area contributed by atoms with E-state index < -0.39 is 11.6 Å². The molecule has 0 bridgehead atoms. The summed E-state index contributed by atoms with van der Waals surface area (Å²) in [6.45, 7) is 6.55. The third-order valence-corrected chi connectivity index (χ3v) is 5.36. The lowest BCUT2D eigenvalue weighted by atomic mass is 9.82. The van der Waals surface area contributed by atoms with E-state index in [0.29, 0.717) is 17.5 Å². The maximum atomic E-state index is 12.4. The second kappa shape index (κ2) is 8.98. The quantitative estimate of drug-likeness (QED) is 0.582. The first-order valence-electron chi connectivity index (χ1n) is 9.60. The molecule has 0 radical (unpaired) electrons. The average molecular weight is 342 g/mol. The van der Waals surface area contributed by atoms with Gasteiger partial charge < -0.3 is 5.11 Å². The predicted molar refractivity (Wildman–Crippen MR) is 102 cm³/mol. The average Bonchev–Trinajstić information content (AvgIpc) is 2.63. The van der Waals surface area contributed by atoms with Gasteiger partial charge in [-0.1, -0.05) is 83.6 Å². The van der Waals surface area contributed by atoms with Crippen molar-refractivity contribution in [2.24, 2.45) is 11.8 Å². The van der Waals surface area contributed by atoms with Crippen molar-refractivity contribution in [3.63, 3.8) is 0 Å². The van der Waals surface area contributed by atoms with Crippen molar-refractivity contribution in [1.29, 1.82) is 0 Å². The number of allylic oxidation sites excluding steroid dienone is 1. The van der Waals surface area contributed by atoms with Crippen LogP contribution >= 0.6 is 0 Å². The van der Waals surface area contributed by atoms with E-state index in [4.69, 9.17) is 0 Å². The number of rotatable bonds is 9. The molecule has 3 heteroatoms. The van der Waals surface area contributed by atoms with Gasteiger partial charge in [0, 0.05) is 16.7 Å². The van der Waals surface area contributed by atoms with Crippen LogP contribution in [0.3, 0.4) is 0 Å². The number of unbranched alkanes of at least 4 members (excludes halogenated alkanes) is 1. The Kier molecular flexibility index (Phi) is 6.98. The Morgan fingerprint density at radius 2 is 1.64 bits per heavy atom. The maximum absolute atomic E-state index is 12.4. The van der Waals surface area contributed by atoms with Crippen LogP contribution in [0.1, 0.15) is 81.6 Å². The van der Waals surface area contributed by atoms with Crippen molar-refractivity contribution in [2.45, 2.75) is 65.7 Å². The number of carbonyl (C=O) groups is 2. The van der Waals surface area contributed by atoms with Gasteiger partial charge in [-0.3, -0.25) is 9.59 Å². The lowest BCUT2D eigenvalue weighted by Gasteiger charge is -2.21. The molecular formula is C22H30O3. The minimum absolute atomic E-state index is 0.00919. The summed E-state index contributed by atoms with van der Waals surface area (Å²) in [6.07, 6.45) is 7.57. The molecule has 2 atom stereocenters. The lowest BCUT2D eigenvalue weighted by Crippen LogP contribution is -2.25. The van der Waals surface area contributed by atoms with Gasteiger partial charge in [0.05, 0.1) is 0 Å². The number of aliphatic hydroxyl groups excluding tert-OH is 1. The van der Waals surface area contributed by atoms with E-state index in [0.717, 1.165) is 18.8 Å². The van der Waals surface area contributed by atoms with Crippen LogP contribution in [-0.4, -0.2) is 16.7 Å². The monoisotopic (exact) mass is 342 g/mol. The van der Waals surface area contributed by atoms with E-state index in [-0.39, 0.29) is 17.3 Å². The van der Waals surface area contributed by atoms with Crippen LogP contribution in [0.4, 0.5) is 0 Å². The van der Waals surface area contributed by atoms with E-state index in [1.807, 2.05) is 0 Å². The van der Waals surface area contributed by atoms with Gasteiger partial charge in [-0.15, -0.1) is 0 Å². The number of Topliss-reactive ketones (excluding diaryl/α,β-unsaturated/α-hetero) is 2. The van der Waals surface area contributed by atoms with Crippen molar-refractivity contribution >= 4 is 17.3 Å². The van der Waals surface area contributed by atoms with Crippen molar-refractivity contribution in [3.8, 4) is 0 Å². The largest absolute Gasteiger partial charge is 0.507 e. The second-order valence-corrected chi connectivity index (χ2v) is 7.33. The zero-order valence-corrected chi connectivity index (χ0v) is 15.7. The Hall–Kier alpha value is -1.90. The molecule has 1 aromatic carbocycles. The Labute approximate surface area is 151 Å². The maximum Gasteiger partial charge on any atom is 0.234 e. The van der Waals surface area contributed by atoms with Gasteiger partial charge in [-0.25, -0.2) is 0 Å². The summed E-state index contributed by atoms with van der Waals surface area (Å²) in [5.41, 5.74) is 1.09. The SMILES string of the molecule is CCCCC(CC)CCC(C)CC1=C(O)c2ccccc2C(=O)C1=O. The van der Waals surface area contributed by atoms with Crippen LogP contribution in [0.25, 0.3) is 5.76 Å². The fourth-order valence-corrected chi connectivity index (χ4v) is 3.62. The Morgan fingerprint density at radius 1 is 0.960 bits per heavy atom. The molecule has 0 amide bonds. The Morgan fingerprint density at radius 3 is 2.28 bits per heavy atom. The molecule has 1 aliphatic carbocycles. The molecule has 1 N–H and O–H groups in total. The molecule has 0 aromatic heterocycles. The Balaban J connectivity index is 2.06. The fraction of sp³-hybridized carbons (Fsp3) is 0.545. The predicted octanol–water partition coefficient (Wildman–Crippen LogP) is 5.74. The summed E-state index contributed by atoms with van der Waals surface area (Å²) in [6, 6.07) is 6.80. The molecule has 0 fully saturated rings. The molecule has 1 aliphatic rings. The molecule has 1 aromatic rings. The smallest absolute Gasteiger partial charge is 0.234 e. The van der Waals surface area contributed by atoms with Gasteiger partial charge in [0.1, 0.15) is 5.76 Å². The van der Waals surface area contributed by atoms with Gasteiger partial charge in [0.25, 0.3) is 0 Å². The van der Waals surface area contributed by atoms with Crippen LogP contribution < -0.4 is 0 Å². The van der Waals surface area contributed by atoms with E-state index in [1.165, 1.54) is 25.7 Å². The number of hydrogen-bond acceptors (Lipinski definition) is 3. The molecule has 2 unspecified atom stereocenters. The molecule has 0 saturated carbocycles. The second-order valence-electron chi connectivity index (χ2n) is 7.33. The highest BCUT2D eigenvalue weighted by molar-refractivity contribution is 6.52. The third-order valence-electron chi connectivity index (χ3n) is 5.36. The van der Waals surface area contributed by atoms with Gasteiger partial charge >= 0.3 is 0 Å². The molecule has 2 rings (SSSR count). The molecule has 0 saturated heterocycles. The highest BCUT2D eigenvalue weighted by atomic mass is 16.3. The van der Waals surface area contributed by atoms with Crippen molar-refractivity contribution in [2.75, 3.05) is 0 Å². The first-order valence-corrected chi connectivity index (χ1v) is 9.60. The first kappa shape index (κ1) is 19.4. The van der Waals surface area contributed by atoms with Gasteiger partial charge in [-0.2, -0.15) is 0 Å². The molecule has 25 heavy (non-hydrogen) atoms. The van der Waals surface area contributed by atoms with E-state index in [9.17, 15) is 14.7 Å². The number of fused-ring (bicyclic) bond motifs is 1. The van der Waals surface area contributed by atoms with Crippen LogP contribution in [-0.2, 0) is 4.79 Å². The zero-order valence-electron chi connectivity index (χ0n) is 15.7. The summed E-state index contributed by atoms with van der Waals surface area (Å²) in [7, 11) is 0. The third kappa shape index (κ3) is 4.59. The summed E-state index contributed by atoms with van der Waals surface area (Å²) in [4.78, 5) is 24.7.